The molecule has 3 rings (SSSR count). The van der Waals surface area contributed by atoms with Gasteiger partial charge in [-0.2, -0.15) is 0 Å². The highest BCUT2D eigenvalue weighted by molar-refractivity contribution is 9.10. The fourth-order valence-corrected chi connectivity index (χ4v) is 4.36. The molecule has 16 heavy (non-hydrogen) atoms. The number of rotatable bonds is 5. The van der Waals surface area contributed by atoms with Gasteiger partial charge in [0.25, 0.3) is 0 Å². The summed E-state index contributed by atoms with van der Waals surface area (Å²) in [5.41, 5.74) is 0.703. The van der Waals surface area contributed by atoms with Gasteiger partial charge in [-0.05, 0) is 59.0 Å². The second kappa shape index (κ2) is 4.43. The van der Waals surface area contributed by atoms with Gasteiger partial charge in [-0.15, -0.1) is 11.3 Å². The Hall–Kier alpha value is 0.140. The fraction of sp³-hybridized carbons (Fsp3) is 0.692. The fourth-order valence-electron chi connectivity index (χ4n) is 2.94. The topological polar surface area (TPSA) is 12.0 Å². The minimum Gasteiger partial charge on any atom is -0.311 e. The molecule has 0 radical (unpaired) electrons. The van der Waals surface area contributed by atoms with Crippen LogP contribution in [0.1, 0.15) is 37.0 Å². The normalized spacial score (nSPS) is 23.1. The molecule has 1 aromatic rings. The lowest BCUT2D eigenvalue weighted by atomic mass is 9.65. The van der Waals surface area contributed by atoms with Crippen LogP contribution in [0.5, 0.6) is 0 Å². The molecule has 2 aliphatic rings. The summed E-state index contributed by atoms with van der Waals surface area (Å²) in [6.45, 7) is 2.29. The first-order valence-corrected chi connectivity index (χ1v) is 7.89. The molecule has 0 bridgehead atoms. The lowest BCUT2D eigenvalue weighted by Gasteiger charge is -2.42. The highest BCUT2D eigenvalue weighted by Gasteiger charge is 2.48. The average molecular weight is 300 g/mol. The molecular weight excluding hydrogens is 282 g/mol. The second-order valence-electron chi connectivity index (χ2n) is 5.32. The zero-order valence-electron chi connectivity index (χ0n) is 9.47. The van der Waals surface area contributed by atoms with E-state index in [1.165, 1.54) is 48.0 Å². The summed E-state index contributed by atoms with van der Waals surface area (Å²) >= 11 is 5.34. The van der Waals surface area contributed by atoms with E-state index in [1.807, 2.05) is 11.3 Å². The highest BCUT2D eigenvalue weighted by atomic mass is 79.9. The Bertz CT molecular complexity index is 366. The maximum absolute atomic E-state index is 3.67. The van der Waals surface area contributed by atoms with Crippen molar-refractivity contribution in [2.75, 3.05) is 6.54 Å². The van der Waals surface area contributed by atoms with E-state index in [0.717, 1.165) is 12.5 Å². The van der Waals surface area contributed by atoms with E-state index in [-0.39, 0.29) is 0 Å². The zero-order valence-corrected chi connectivity index (χ0v) is 11.9. The van der Waals surface area contributed by atoms with E-state index >= 15 is 0 Å². The van der Waals surface area contributed by atoms with E-state index in [4.69, 9.17) is 0 Å². The van der Waals surface area contributed by atoms with Gasteiger partial charge in [0.05, 0.1) is 0 Å². The van der Waals surface area contributed by atoms with Crippen molar-refractivity contribution < 1.29 is 0 Å². The summed E-state index contributed by atoms with van der Waals surface area (Å²) in [7, 11) is 0. The molecule has 0 spiro atoms. The van der Waals surface area contributed by atoms with E-state index < -0.39 is 0 Å². The Kier molecular flexibility index (Phi) is 3.11. The van der Waals surface area contributed by atoms with Gasteiger partial charge in [-0.3, -0.25) is 0 Å². The third-order valence-electron chi connectivity index (χ3n) is 4.19. The minimum absolute atomic E-state index is 0.703. The van der Waals surface area contributed by atoms with Crippen molar-refractivity contribution in [3.05, 3.63) is 20.8 Å². The van der Waals surface area contributed by atoms with Gasteiger partial charge in [-0.25, -0.2) is 0 Å². The lowest BCUT2D eigenvalue weighted by Crippen LogP contribution is -2.41. The van der Waals surface area contributed by atoms with Crippen LogP contribution < -0.4 is 5.32 Å². The van der Waals surface area contributed by atoms with Crippen LogP contribution in [0.3, 0.4) is 0 Å². The molecular formula is C13H18BrNS. The van der Waals surface area contributed by atoms with Gasteiger partial charge in [0.1, 0.15) is 0 Å². The molecule has 2 aliphatic carbocycles. The van der Waals surface area contributed by atoms with Crippen LogP contribution in [0.4, 0.5) is 0 Å². The molecule has 1 heterocycles. The summed E-state index contributed by atoms with van der Waals surface area (Å²) in [5, 5.41) is 5.83. The van der Waals surface area contributed by atoms with Crippen molar-refractivity contribution in [3.63, 3.8) is 0 Å². The first-order valence-electron chi connectivity index (χ1n) is 6.22. The number of hydrogen-bond acceptors (Lipinski definition) is 2. The van der Waals surface area contributed by atoms with Crippen LogP contribution in [0.15, 0.2) is 15.9 Å². The van der Waals surface area contributed by atoms with Gasteiger partial charge in [0.15, 0.2) is 0 Å². The molecule has 0 amide bonds. The first-order chi connectivity index (χ1) is 7.78. The SMILES string of the molecule is Brc1csc(CNCC2(C3CC3)CCC2)c1. The standard InChI is InChI=1S/C13H18BrNS/c14-11-6-12(16-8-11)7-15-9-13(4-1-5-13)10-2-3-10/h6,8,10,15H,1-5,7,9H2. The number of thiophene rings is 1. The maximum atomic E-state index is 3.67. The first kappa shape index (κ1) is 11.2. The summed E-state index contributed by atoms with van der Waals surface area (Å²) in [4.78, 5) is 1.44. The summed E-state index contributed by atoms with van der Waals surface area (Å²) in [6, 6.07) is 2.22. The van der Waals surface area contributed by atoms with E-state index in [0.29, 0.717) is 5.41 Å². The molecule has 2 saturated carbocycles. The lowest BCUT2D eigenvalue weighted by molar-refractivity contribution is 0.0988. The van der Waals surface area contributed by atoms with Crippen molar-refractivity contribution in [2.24, 2.45) is 11.3 Å². The van der Waals surface area contributed by atoms with Crippen molar-refractivity contribution >= 4 is 27.3 Å². The average Bonchev–Trinajstić information content (AvgIpc) is 2.96. The van der Waals surface area contributed by atoms with Crippen LogP contribution in [0.25, 0.3) is 0 Å². The second-order valence-corrected chi connectivity index (χ2v) is 7.24. The molecule has 0 unspecified atom stereocenters. The minimum atomic E-state index is 0.703. The molecule has 3 heteroatoms. The van der Waals surface area contributed by atoms with E-state index in [1.54, 1.807) is 0 Å². The number of nitrogens with one attached hydrogen (secondary N) is 1. The van der Waals surface area contributed by atoms with Crippen molar-refractivity contribution in [2.45, 2.75) is 38.6 Å². The third kappa shape index (κ3) is 2.22. The Labute approximate surface area is 110 Å². The quantitative estimate of drug-likeness (QED) is 0.860. The van der Waals surface area contributed by atoms with Crippen molar-refractivity contribution in [1.29, 1.82) is 0 Å². The molecule has 2 fully saturated rings. The Morgan fingerprint density at radius 2 is 2.25 bits per heavy atom. The maximum Gasteiger partial charge on any atom is 0.0300 e. The predicted molar refractivity (Wildman–Crippen MR) is 72.7 cm³/mol. The van der Waals surface area contributed by atoms with Gasteiger partial charge < -0.3 is 5.32 Å². The molecule has 88 valence electrons. The molecule has 0 saturated heterocycles. The van der Waals surface area contributed by atoms with Crippen LogP contribution in [-0.4, -0.2) is 6.54 Å². The predicted octanol–water partition coefficient (Wildman–Crippen LogP) is 4.18. The van der Waals surface area contributed by atoms with Crippen LogP contribution >= 0.6 is 27.3 Å². The van der Waals surface area contributed by atoms with E-state index in [2.05, 4.69) is 32.7 Å². The van der Waals surface area contributed by atoms with Crippen molar-refractivity contribution in [3.8, 4) is 0 Å². The van der Waals surface area contributed by atoms with Crippen LogP contribution in [-0.2, 0) is 6.54 Å². The summed E-state index contributed by atoms with van der Waals surface area (Å²) in [6.07, 6.45) is 7.39. The van der Waals surface area contributed by atoms with Crippen molar-refractivity contribution in [1.82, 2.24) is 5.32 Å². The molecule has 0 aliphatic heterocycles. The monoisotopic (exact) mass is 299 g/mol. The number of hydrogen-bond donors (Lipinski definition) is 1. The van der Waals surface area contributed by atoms with E-state index in [9.17, 15) is 0 Å². The van der Waals surface area contributed by atoms with Gasteiger partial charge in [0, 0.05) is 27.8 Å². The Morgan fingerprint density at radius 3 is 2.75 bits per heavy atom. The van der Waals surface area contributed by atoms with Gasteiger partial charge >= 0.3 is 0 Å². The third-order valence-corrected chi connectivity index (χ3v) is 5.89. The smallest absolute Gasteiger partial charge is 0.0300 e. The molecule has 1 nitrogen and oxygen atoms in total. The van der Waals surface area contributed by atoms with Crippen LogP contribution in [0, 0.1) is 11.3 Å². The summed E-state index contributed by atoms with van der Waals surface area (Å²) in [5.74, 6) is 1.06. The molecule has 0 aromatic carbocycles. The molecule has 0 atom stereocenters. The summed E-state index contributed by atoms with van der Waals surface area (Å²) < 4.78 is 1.22. The highest BCUT2D eigenvalue weighted by Crippen LogP contribution is 2.56. The van der Waals surface area contributed by atoms with Crippen LogP contribution in [0.2, 0.25) is 0 Å². The van der Waals surface area contributed by atoms with Gasteiger partial charge in [0.2, 0.25) is 0 Å². The molecule has 1 N–H and O–H groups in total. The van der Waals surface area contributed by atoms with Gasteiger partial charge in [-0.1, -0.05) is 6.42 Å². The Balaban J connectivity index is 1.49. The largest absolute Gasteiger partial charge is 0.311 e. The Morgan fingerprint density at radius 1 is 1.44 bits per heavy atom. The molecule has 1 aromatic heterocycles. The zero-order chi connectivity index (χ0) is 11.0. The number of halogens is 1.